The van der Waals surface area contributed by atoms with Crippen molar-refractivity contribution in [1.82, 2.24) is 10.1 Å². The summed E-state index contributed by atoms with van der Waals surface area (Å²) in [5.41, 5.74) is 6.72. The molecule has 0 amide bonds. The molecule has 0 aliphatic heterocycles. The zero-order valence-electron chi connectivity index (χ0n) is 11.8. The van der Waals surface area contributed by atoms with Crippen molar-refractivity contribution in [2.45, 2.75) is 38.1 Å². The fraction of sp³-hybridized carbons (Fsp3) is 0.467. The van der Waals surface area contributed by atoms with E-state index in [0.29, 0.717) is 22.7 Å². The fourth-order valence-corrected chi connectivity index (χ4v) is 3.45. The van der Waals surface area contributed by atoms with Crippen LogP contribution in [0.1, 0.15) is 38.4 Å². The van der Waals surface area contributed by atoms with Crippen molar-refractivity contribution in [2.24, 2.45) is 11.7 Å². The van der Waals surface area contributed by atoms with Crippen molar-refractivity contribution < 1.29 is 4.52 Å². The lowest BCUT2D eigenvalue weighted by atomic mass is 9.77. The van der Waals surface area contributed by atoms with E-state index in [4.69, 9.17) is 21.9 Å². The molecule has 0 spiro atoms. The smallest absolute Gasteiger partial charge is 0.259 e. The van der Waals surface area contributed by atoms with Crippen LogP contribution in [-0.2, 0) is 5.54 Å². The van der Waals surface area contributed by atoms with Gasteiger partial charge in [0, 0.05) is 4.47 Å². The highest BCUT2D eigenvalue weighted by atomic mass is 79.9. The predicted octanol–water partition coefficient (Wildman–Crippen LogP) is 4.52. The van der Waals surface area contributed by atoms with E-state index in [9.17, 15) is 0 Å². The summed E-state index contributed by atoms with van der Waals surface area (Å²) in [7, 11) is 0. The van der Waals surface area contributed by atoms with Crippen LogP contribution in [0.3, 0.4) is 0 Å². The summed E-state index contributed by atoms with van der Waals surface area (Å²) in [6.45, 7) is 2.25. The van der Waals surface area contributed by atoms with Gasteiger partial charge in [-0.3, -0.25) is 0 Å². The minimum absolute atomic E-state index is 0.422. The van der Waals surface area contributed by atoms with Crippen molar-refractivity contribution in [3.8, 4) is 11.5 Å². The molecule has 0 unspecified atom stereocenters. The minimum atomic E-state index is -0.476. The fourth-order valence-electron chi connectivity index (χ4n) is 2.70. The average Bonchev–Trinajstić information content (AvgIpc) is 2.92. The maximum Gasteiger partial charge on any atom is 0.259 e. The molecule has 0 saturated heterocycles. The van der Waals surface area contributed by atoms with Crippen LogP contribution in [0.15, 0.2) is 27.2 Å². The van der Waals surface area contributed by atoms with Crippen molar-refractivity contribution in [1.29, 1.82) is 0 Å². The number of rotatable bonds is 2. The van der Waals surface area contributed by atoms with Gasteiger partial charge in [0.05, 0.1) is 16.1 Å². The predicted molar refractivity (Wildman–Crippen MR) is 85.9 cm³/mol. The zero-order chi connectivity index (χ0) is 15.0. The molecule has 1 heterocycles. The Morgan fingerprint density at radius 1 is 1.38 bits per heavy atom. The normalized spacial score (nSPS) is 26.0. The zero-order valence-corrected chi connectivity index (χ0v) is 14.1. The van der Waals surface area contributed by atoms with Crippen molar-refractivity contribution in [2.75, 3.05) is 0 Å². The molecule has 1 fully saturated rings. The van der Waals surface area contributed by atoms with Crippen LogP contribution in [0.4, 0.5) is 0 Å². The second kappa shape index (κ2) is 5.71. The second-order valence-corrected chi connectivity index (χ2v) is 7.21. The van der Waals surface area contributed by atoms with Crippen molar-refractivity contribution in [3.63, 3.8) is 0 Å². The molecule has 0 atom stereocenters. The highest BCUT2D eigenvalue weighted by Gasteiger charge is 2.36. The SMILES string of the molecule is CC1CCC(N)(c2noc(-c3ccc(Br)cc3Cl)n2)CC1. The standard InChI is InChI=1S/C15H17BrClN3O/c1-9-4-6-15(18,7-5-9)14-19-13(21-20-14)11-3-2-10(16)8-12(11)17/h2-3,8-9H,4-7,18H2,1H3. The molecule has 1 aliphatic rings. The summed E-state index contributed by atoms with van der Waals surface area (Å²) >= 11 is 9.60. The van der Waals surface area contributed by atoms with Gasteiger partial charge in [0.15, 0.2) is 5.82 Å². The van der Waals surface area contributed by atoms with Gasteiger partial charge < -0.3 is 10.3 Å². The first kappa shape index (κ1) is 15.0. The Morgan fingerprint density at radius 2 is 2.10 bits per heavy atom. The van der Waals surface area contributed by atoms with Gasteiger partial charge in [-0.25, -0.2) is 0 Å². The number of nitrogens with zero attached hydrogens (tertiary/aromatic N) is 2. The molecular formula is C15H17BrClN3O. The number of nitrogens with two attached hydrogens (primary N) is 1. The summed E-state index contributed by atoms with van der Waals surface area (Å²) in [6, 6.07) is 5.56. The molecule has 2 aromatic rings. The lowest BCUT2D eigenvalue weighted by molar-refractivity contribution is 0.230. The van der Waals surface area contributed by atoms with E-state index < -0.39 is 5.54 Å². The Kier molecular flexibility index (Phi) is 4.08. The van der Waals surface area contributed by atoms with Gasteiger partial charge >= 0.3 is 0 Å². The van der Waals surface area contributed by atoms with Gasteiger partial charge in [0.1, 0.15) is 0 Å². The summed E-state index contributed by atoms with van der Waals surface area (Å²) in [4.78, 5) is 4.49. The molecular weight excluding hydrogens is 354 g/mol. The molecule has 1 aromatic carbocycles. The van der Waals surface area contributed by atoms with Crippen LogP contribution in [0.2, 0.25) is 5.02 Å². The Labute approximate surface area is 137 Å². The van der Waals surface area contributed by atoms with Gasteiger partial charge in [-0.1, -0.05) is 39.6 Å². The molecule has 1 aliphatic carbocycles. The highest BCUT2D eigenvalue weighted by Crippen LogP contribution is 2.37. The van der Waals surface area contributed by atoms with Crippen LogP contribution < -0.4 is 5.73 Å². The highest BCUT2D eigenvalue weighted by molar-refractivity contribution is 9.10. The molecule has 1 aromatic heterocycles. The molecule has 112 valence electrons. The number of hydrogen-bond acceptors (Lipinski definition) is 4. The number of hydrogen-bond donors (Lipinski definition) is 1. The minimum Gasteiger partial charge on any atom is -0.334 e. The lowest BCUT2D eigenvalue weighted by Crippen LogP contribution is -2.41. The second-order valence-electron chi connectivity index (χ2n) is 5.89. The molecule has 21 heavy (non-hydrogen) atoms. The monoisotopic (exact) mass is 369 g/mol. The van der Waals surface area contributed by atoms with Crippen LogP contribution >= 0.6 is 27.5 Å². The van der Waals surface area contributed by atoms with Crippen LogP contribution in [0, 0.1) is 5.92 Å². The number of benzene rings is 1. The molecule has 2 N–H and O–H groups in total. The molecule has 0 radical (unpaired) electrons. The molecule has 3 rings (SSSR count). The summed E-state index contributed by atoms with van der Waals surface area (Å²) in [6.07, 6.45) is 3.97. The number of aromatic nitrogens is 2. The molecule has 0 bridgehead atoms. The van der Waals surface area contributed by atoms with E-state index in [1.807, 2.05) is 12.1 Å². The maximum absolute atomic E-state index is 6.47. The van der Waals surface area contributed by atoms with Crippen molar-refractivity contribution >= 4 is 27.5 Å². The third kappa shape index (κ3) is 3.00. The average molecular weight is 371 g/mol. The summed E-state index contributed by atoms with van der Waals surface area (Å²) < 4.78 is 6.29. The summed E-state index contributed by atoms with van der Waals surface area (Å²) in [5, 5.41) is 4.67. The Morgan fingerprint density at radius 3 is 2.76 bits per heavy atom. The third-order valence-corrected chi connectivity index (χ3v) is 5.01. The quantitative estimate of drug-likeness (QED) is 0.844. The maximum atomic E-state index is 6.47. The lowest BCUT2D eigenvalue weighted by Gasteiger charge is -2.33. The van der Waals surface area contributed by atoms with E-state index in [1.165, 1.54) is 0 Å². The van der Waals surface area contributed by atoms with Crippen LogP contribution in [0.5, 0.6) is 0 Å². The molecule has 1 saturated carbocycles. The van der Waals surface area contributed by atoms with Crippen molar-refractivity contribution in [3.05, 3.63) is 33.5 Å². The Hall–Kier alpha value is -0.910. The largest absolute Gasteiger partial charge is 0.334 e. The van der Waals surface area contributed by atoms with E-state index >= 15 is 0 Å². The molecule has 6 heteroatoms. The van der Waals surface area contributed by atoms with E-state index in [2.05, 4.69) is 33.0 Å². The Bertz CT molecular complexity index is 650. The first-order valence-corrected chi connectivity index (χ1v) is 8.23. The van der Waals surface area contributed by atoms with E-state index in [0.717, 1.165) is 35.7 Å². The first-order chi connectivity index (χ1) is 9.98. The van der Waals surface area contributed by atoms with Gasteiger partial charge in [0.2, 0.25) is 0 Å². The van der Waals surface area contributed by atoms with Gasteiger partial charge in [-0.15, -0.1) is 0 Å². The van der Waals surface area contributed by atoms with E-state index in [1.54, 1.807) is 6.07 Å². The van der Waals surface area contributed by atoms with Gasteiger partial charge in [-0.2, -0.15) is 4.98 Å². The number of halogens is 2. The van der Waals surface area contributed by atoms with Gasteiger partial charge in [-0.05, 0) is 49.8 Å². The first-order valence-electron chi connectivity index (χ1n) is 7.06. The Balaban J connectivity index is 1.89. The van der Waals surface area contributed by atoms with Crippen LogP contribution in [-0.4, -0.2) is 10.1 Å². The van der Waals surface area contributed by atoms with Gasteiger partial charge in [0.25, 0.3) is 5.89 Å². The van der Waals surface area contributed by atoms with Crippen LogP contribution in [0.25, 0.3) is 11.5 Å². The topological polar surface area (TPSA) is 64.9 Å². The third-order valence-electron chi connectivity index (χ3n) is 4.20. The van der Waals surface area contributed by atoms with E-state index in [-0.39, 0.29) is 0 Å². The molecule has 4 nitrogen and oxygen atoms in total. The summed E-state index contributed by atoms with van der Waals surface area (Å²) in [5.74, 6) is 1.73.